The van der Waals surface area contributed by atoms with Gasteiger partial charge in [-0.1, -0.05) is 29.8 Å². The highest BCUT2D eigenvalue weighted by molar-refractivity contribution is 6.31. The van der Waals surface area contributed by atoms with Crippen molar-refractivity contribution in [3.8, 4) is 11.3 Å². The second-order valence-electron chi connectivity index (χ2n) is 8.58. The highest BCUT2D eigenvalue weighted by atomic mass is 35.5. The lowest BCUT2D eigenvalue weighted by Gasteiger charge is -2.23. The number of aromatic nitrogens is 2. The number of benzene rings is 2. The van der Waals surface area contributed by atoms with E-state index in [1.54, 1.807) is 24.3 Å². The Labute approximate surface area is 215 Å². The number of hydrogen-bond donors (Lipinski definition) is 4. The molecule has 0 unspecified atom stereocenters. The molecule has 1 aromatic heterocycles. The number of nitrogens with one attached hydrogen (secondary N) is 3. The van der Waals surface area contributed by atoms with Gasteiger partial charge < -0.3 is 21.7 Å². The van der Waals surface area contributed by atoms with Gasteiger partial charge in [-0.25, -0.2) is 9.97 Å². The van der Waals surface area contributed by atoms with Gasteiger partial charge in [-0.05, 0) is 49.2 Å². The largest absolute Gasteiger partial charge is 0.417 e. The third kappa shape index (κ3) is 6.55. The number of nitrogens with two attached hydrogens (primary N) is 1. The predicted octanol–water partition coefficient (Wildman–Crippen LogP) is 3.81. The van der Waals surface area contributed by atoms with Gasteiger partial charge in [0.1, 0.15) is 0 Å². The van der Waals surface area contributed by atoms with Gasteiger partial charge in [0.15, 0.2) is 11.5 Å². The number of nitrogen functional groups attached to an aromatic ring is 1. The molecule has 8 nitrogen and oxygen atoms in total. The SMILES string of the molecule is Nc1ncc(-c2cccc(C(=O)NCc3ccc(Cl)c(C(F)(F)F)c3)c2)nc1C(=O)N[C@H]1CCCNC1. The van der Waals surface area contributed by atoms with Crippen LogP contribution in [0.1, 0.15) is 44.8 Å². The lowest BCUT2D eigenvalue weighted by Crippen LogP contribution is -2.46. The van der Waals surface area contributed by atoms with Crippen molar-refractivity contribution in [3.05, 3.63) is 76.1 Å². The zero-order valence-electron chi connectivity index (χ0n) is 19.5. The van der Waals surface area contributed by atoms with E-state index in [9.17, 15) is 22.8 Å². The Morgan fingerprint density at radius 1 is 1.16 bits per heavy atom. The Morgan fingerprint density at radius 3 is 2.70 bits per heavy atom. The van der Waals surface area contributed by atoms with E-state index >= 15 is 0 Å². The number of anilines is 1. The van der Waals surface area contributed by atoms with Crippen LogP contribution in [0.5, 0.6) is 0 Å². The standard InChI is InChI=1S/C25H24ClF3N6O2/c26-19-7-6-14(9-18(19)25(27,28)29)11-33-23(36)16-4-1-3-15(10-16)20-13-32-22(30)21(35-20)24(37)34-17-5-2-8-31-12-17/h1,3-4,6-7,9-10,13,17,31H,2,5,8,11-12H2,(H2,30,32)(H,33,36)(H,34,37)/t17-/m0/s1. The first-order chi connectivity index (χ1) is 17.6. The smallest absolute Gasteiger partial charge is 0.382 e. The maximum Gasteiger partial charge on any atom is 0.417 e. The second-order valence-corrected chi connectivity index (χ2v) is 8.99. The van der Waals surface area contributed by atoms with Gasteiger partial charge in [0, 0.05) is 30.3 Å². The van der Waals surface area contributed by atoms with E-state index in [-0.39, 0.29) is 35.2 Å². The minimum absolute atomic E-state index is 0.0128. The van der Waals surface area contributed by atoms with E-state index in [1.165, 1.54) is 12.3 Å². The average Bonchev–Trinajstić information content (AvgIpc) is 2.88. The van der Waals surface area contributed by atoms with Gasteiger partial charge in [0.2, 0.25) is 0 Å². The van der Waals surface area contributed by atoms with Crippen LogP contribution in [0.25, 0.3) is 11.3 Å². The Balaban J connectivity index is 1.48. The molecule has 0 spiro atoms. The van der Waals surface area contributed by atoms with Crippen LogP contribution in [0.2, 0.25) is 5.02 Å². The number of hydrogen-bond acceptors (Lipinski definition) is 6. The number of carbonyl (C=O) groups is 2. The van der Waals surface area contributed by atoms with E-state index in [2.05, 4.69) is 25.9 Å². The number of rotatable bonds is 6. The van der Waals surface area contributed by atoms with E-state index in [4.69, 9.17) is 17.3 Å². The maximum absolute atomic E-state index is 13.1. The molecule has 0 radical (unpaired) electrons. The van der Waals surface area contributed by atoms with Crippen LogP contribution in [0.15, 0.2) is 48.7 Å². The molecule has 2 amide bonds. The molecule has 5 N–H and O–H groups in total. The van der Waals surface area contributed by atoms with Crippen molar-refractivity contribution in [2.75, 3.05) is 18.8 Å². The van der Waals surface area contributed by atoms with E-state index < -0.39 is 28.6 Å². The first-order valence-electron chi connectivity index (χ1n) is 11.5. The zero-order chi connectivity index (χ0) is 26.6. The minimum Gasteiger partial charge on any atom is -0.382 e. The molecule has 1 aliphatic rings. The molecule has 2 aromatic carbocycles. The molecular weight excluding hydrogens is 509 g/mol. The van der Waals surface area contributed by atoms with Crippen molar-refractivity contribution < 1.29 is 22.8 Å². The quantitative estimate of drug-likeness (QED) is 0.383. The third-order valence-corrected chi connectivity index (χ3v) is 6.19. The summed E-state index contributed by atoms with van der Waals surface area (Å²) in [5, 5.41) is 8.31. The highest BCUT2D eigenvalue weighted by Crippen LogP contribution is 2.35. The van der Waals surface area contributed by atoms with Gasteiger partial charge in [-0.3, -0.25) is 9.59 Å². The molecule has 12 heteroatoms. The Bertz CT molecular complexity index is 1310. The van der Waals surface area contributed by atoms with Crippen LogP contribution in [0.3, 0.4) is 0 Å². The van der Waals surface area contributed by atoms with Crippen molar-refractivity contribution >= 4 is 29.2 Å². The van der Waals surface area contributed by atoms with Crippen molar-refractivity contribution in [1.29, 1.82) is 0 Å². The molecule has 37 heavy (non-hydrogen) atoms. The topological polar surface area (TPSA) is 122 Å². The molecule has 3 aromatic rings. The molecule has 0 aliphatic carbocycles. The summed E-state index contributed by atoms with van der Waals surface area (Å²) < 4.78 is 39.3. The maximum atomic E-state index is 13.1. The number of alkyl halides is 3. The summed E-state index contributed by atoms with van der Waals surface area (Å²) >= 11 is 5.65. The van der Waals surface area contributed by atoms with Crippen LogP contribution >= 0.6 is 11.6 Å². The molecule has 4 rings (SSSR count). The molecule has 194 valence electrons. The molecule has 1 aliphatic heterocycles. The molecule has 0 saturated carbocycles. The summed E-state index contributed by atoms with van der Waals surface area (Å²) in [7, 11) is 0. The van der Waals surface area contributed by atoms with Gasteiger partial charge in [0.05, 0.1) is 22.5 Å². The summed E-state index contributed by atoms with van der Waals surface area (Å²) in [6.07, 6.45) is -1.41. The van der Waals surface area contributed by atoms with Crippen LogP contribution in [0, 0.1) is 0 Å². The van der Waals surface area contributed by atoms with E-state index in [0.29, 0.717) is 17.8 Å². The van der Waals surface area contributed by atoms with Crippen molar-refractivity contribution in [2.24, 2.45) is 0 Å². The Kier molecular flexibility index (Phi) is 7.94. The monoisotopic (exact) mass is 532 g/mol. The third-order valence-electron chi connectivity index (χ3n) is 5.86. The number of halogens is 4. The number of piperidine rings is 1. The minimum atomic E-state index is -4.60. The van der Waals surface area contributed by atoms with Crippen LogP contribution in [-0.4, -0.2) is 40.9 Å². The van der Waals surface area contributed by atoms with Gasteiger partial charge in [0.25, 0.3) is 11.8 Å². The fourth-order valence-electron chi connectivity index (χ4n) is 3.94. The fraction of sp³-hybridized carbons (Fsp3) is 0.280. The first kappa shape index (κ1) is 26.4. The van der Waals surface area contributed by atoms with E-state index in [1.807, 2.05) is 0 Å². The Morgan fingerprint density at radius 2 is 1.97 bits per heavy atom. The van der Waals surface area contributed by atoms with Crippen LogP contribution < -0.4 is 21.7 Å². The lowest BCUT2D eigenvalue weighted by molar-refractivity contribution is -0.137. The summed E-state index contributed by atoms with van der Waals surface area (Å²) in [5.41, 5.74) is 6.26. The van der Waals surface area contributed by atoms with Crippen LogP contribution in [0.4, 0.5) is 19.0 Å². The zero-order valence-corrected chi connectivity index (χ0v) is 20.3. The van der Waals surface area contributed by atoms with Gasteiger partial charge in [-0.15, -0.1) is 0 Å². The normalized spacial score (nSPS) is 15.7. The molecular formula is C25H24ClF3N6O2. The summed E-state index contributed by atoms with van der Waals surface area (Å²) in [6.45, 7) is 1.43. The molecule has 0 bridgehead atoms. The molecule has 2 heterocycles. The number of amides is 2. The fourth-order valence-corrected chi connectivity index (χ4v) is 4.16. The molecule has 1 saturated heterocycles. The summed E-state index contributed by atoms with van der Waals surface area (Å²) in [5.74, 6) is -0.952. The summed E-state index contributed by atoms with van der Waals surface area (Å²) in [6, 6.07) is 9.84. The predicted molar refractivity (Wildman–Crippen MR) is 133 cm³/mol. The first-order valence-corrected chi connectivity index (χ1v) is 11.9. The average molecular weight is 533 g/mol. The van der Waals surface area contributed by atoms with Crippen molar-refractivity contribution in [2.45, 2.75) is 31.6 Å². The van der Waals surface area contributed by atoms with E-state index in [0.717, 1.165) is 31.5 Å². The summed E-state index contributed by atoms with van der Waals surface area (Å²) in [4.78, 5) is 33.9. The Hall–Kier alpha value is -3.70. The van der Waals surface area contributed by atoms with Crippen molar-refractivity contribution in [1.82, 2.24) is 25.9 Å². The van der Waals surface area contributed by atoms with Gasteiger partial charge >= 0.3 is 6.18 Å². The lowest BCUT2D eigenvalue weighted by atomic mass is 10.1. The number of carbonyl (C=O) groups excluding carboxylic acids is 2. The van der Waals surface area contributed by atoms with Crippen LogP contribution in [-0.2, 0) is 12.7 Å². The van der Waals surface area contributed by atoms with Gasteiger partial charge in [-0.2, -0.15) is 13.2 Å². The second kappa shape index (κ2) is 11.1. The van der Waals surface area contributed by atoms with Crippen molar-refractivity contribution in [3.63, 3.8) is 0 Å². The molecule has 1 fully saturated rings. The number of nitrogens with zero attached hydrogens (tertiary/aromatic N) is 2. The molecule has 1 atom stereocenters. The highest BCUT2D eigenvalue weighted by Gasteiger charge is 2.33.